The van der Waals surface area contributed by atoms with Gasteiger partial charge in [0.1, 0.15) is 23.3 Å². The summed E-state index contributed by atoms with van der Waals surface area (Å²) in [5, 5.41) is 3.70. The molecule has 0 aromatic carbocycles. The van der Waals surface area contributed by atoms with Crippen LogP contribution in [0.1, 0.15) is 46.6 Å². The third-order valence-corrected chi connectivity index (χ3v) is 4.95. The van der Waals surface area contributed by atoms with Crippen molar-refractivity contribution >= 4 is 5.91 Å². The van der Waals surface area contributed by atoms with Crippen LogP contribution in [0.15, 0.2) is 23.0 Å². The molecule has 126 valence electrons. The highest BCUT2D eigenvalue weighted by atomic mass is 16.5. The number of hydrogen-bond acceptors (Lipinski definition) is 6. The molecule has 2 aliphatic rings. The molecule has 24 heavy (non-hydrogen) atoms. The predicted molar refractivity (Wildman–Crippen MR) is 84.3 cm³/mol. The van der Waals surface area contributed by atoms with Crippen molar-refractivity contribution in [3.63, 3.8) is 0 Å². The van der Waals surface area contributed by atoms with Gasteiger partial charge in [-0.25, -0.2) is 9.97 Å². The molecule has 0 unspecified atom stereocenters. The van der Waals surface area contributed by atoms with Gasteiger partial charge in [-0.3, -0.25) is 4.79 Å². The minimum Gasteiger partial charge on any atom is -0.367 e. The van der Waals surface area contributed by atoms with E-state index < -0.39 is 0 Å². The van der Waals surface area contributed by atoms with Crippen molar-refractivity contribution in [2.45, 2.75) is 38.9 Å². The highest BCUT2D eigenvalue weighted by Crippen LogP contribution is 2.40. The Morgan fingerprint density at radius 2 is 2.25 bits per heavy atom. The number of hydrogen-bond donors (Lipinski definition) is 0. The standard InChI is InChI=1S/C17H20N4O3/c1-10-13(8-19-24-10)17(22)21-6-4-12-7-15(23-16(12)9-21)14-3-5-18-11(2)20-14/h3,5,8,12,15-16H,4,6-7,9H2,1-2H3/t12-,15-,16+/m1/s1. The lowest BCUT2D eigenvalue weighted by Crippen LogP contribution is -2.45. The van der Waals surface area contributed by atoms with Gasteiger partial charge in [0.15, 0.2) is 0 Å². The lowest BCUT2D eigenvalue weighted by Gasteiger charge is -2.33. The van der Waals surface area contributed by atoms with E-state index >= 15 is 0 Å². The van der Waals surface area contributed by atoms with Gasteiger partial charge in [0.05, 0.1) is 18.0 Å². The summed E-state index contributed by atoms with van der Waals surface area (Å²) in [4.78, 5) is 23.1. The Morgan fingerprint density at radius 3 is 3.00 bits per heavy atom. The number of aryl methyl sites for hydroxylation is 2. The van der Waals surface area contributed by atoms with Gasteiger partial charge in [-0.2, -0.15) is 0 Å². The first kappa shape index (κ1) is 15.3. The van der Waals surface area contributed by atoms with Gasteiger partial charge < -0.3 is 14.2 Å². The quantitative estimate of drug-likeness (QED) is 0.839. The Kier molecular flexibility index (Phi) is 3.80. The molecule has 0 saturated carbocycles. The van der Waals surface area contributed by atoms with Gasteiger partial charge >= 0.3 is 0 Å². The Labute approximate surface area is 140 Å². The van der Waals surface area contributed by atoms with Crippen molar-refractivity contribution in [1.29, 1.82) is 0 Å². The zero-order chi connectivity index (χ0) is 16.7. The first-order valence-electron chi connectivity index (χ1n) is 8.27. The van der Waals surface area contributed by atoms with Crippen LogP contribution in [0.2, 0.25) is 0 Å². The van der Waals surface area contributed by atoms with Crippen molar-refractivity contribution in [2.24, 2.45) is 5.92 Å². The van der Waals surface area contributed by atoms with Gasteiger partial charge in [-0.15, -0.1) is 0 Å². The highest BCUT2D eigenvalue weighted by molar-refractivity contribution is 5.94. The highest BCUT2D eigenvalue weighted by Gasteiger charge is 2.41. The maximum absolute atomic E-state index is 12.6. The van der Waals surface area contributed by atoms with Crippen molar-refractivity contribution in [1.82, 2.24) is 20.0 Å². The summed E-state index contributed by atoms with van der Waals surface area (Å²) >= 11 is 0. The Bertz CT molecular complexity index is 760. The van der Waals surface area contributed by atoms with E-state index in [9.17, 15) is 4.79 Å². The number of carbonyl (C=O) groups is 1. The van der Waals surface area contributed by atoms with E-state index in [2.05, 4.69) is 15.1 Å². The number of nitrogens with zero attached hydrogens (tertiary/aromatic N) is 4. The second kappa shape index (κ2) is 5.98. The number of aromatic nitrogens is 3. The summed E-state index contributed by atoms with van der Waals surface area (Å²) in [7, 11) is 0. The van der Waals surface area contributed by atoms with E-state index in [1.807, 2.05) is 17.9 Å². The van der Waals surface area contributed by atoms with E-state index in [0.717, 1.165) is 30.9 Å². The van der Waals surface area contributed by atoms with Crippen LogP contribution in [0.3, 0.4) is 0 Å². The number of carbonyl (C=O) groups excluding carboxylic acids is 1. The smallest absolute Gasteiger partial charge is 0.259 e. The molecule has 4 rings (SSSR count). The molecule has 2 saturated heterocycles. The first-order valence-corrected chi connectivity index (χ1v) is 8.27. The van der Waals surface area contributed by atoms with Crippen LogP contribution in [0, 0.1) is 19.8 Å². The van der Waals surface area contributed by atoms with Crippen LogP contribution in [0.5, 0.6) is 0 Å². The average Bonchev–Trinajstić information content (AvgIpc) is 3.19. The van der Waals surface area contributed by atoms with E-state index in [1.165, 1.54) is 6.20 Å². The summed E-state index contributed by atoms with van der Waals surface area (Å²) in [5.74, 6) is 1.75. The maximum Gasteiger partial charge on any atom is 0.259 e. The molecular weight excluding hydrogens is 308 g/mol. The van der Waals surface area contributed by atoms with E-state index in [4.69, 9.17) is 9.26 Å². The molecule has 7 heteroatoms. The van der Waals surface area contributed by atoms with Gasteiger partial charge in [0.2, 0.25) is 0 Å². The van der Waals surface area contributed by atoms with Crippen LogP contribution < -0.4 is 0 Å². The molecule has 7 nitrogen and oxygen atoms in total. The fraction of sp³-hybridized carbons (Fsp3) is 0.529. The number of likely N-dealkylation sites (tertiary alicyclic amines) is 1. The van der Waals surface area contributed by atoms with Gasteiger partial charge in [-0.1, -0.05) is 5.16 Å². The fourth-order valence-corrected chi connectivity index (χ4v) is 3.63. The topological polar surface area (TPSA) is 81.4 Å². The number of rotatable bonds is 2. The molecule has 0 radical (unpaired) electrons. The number of amides is 1. The second-order valence-corrected chi connectivity index (χ2v) is 6.52. The number of piperidine rings is 1. The Hall–Kier alpha value is -2.28. The Morgan fingerprint density at radius 1 is 1.38 bits per heavy atom. The molecule has 0 spiro atoms. The van der Waals surface area contributed by atoms with Gasteiger partial charge in [0.25, 0.3) is 5.91 Å². The minimum atomic E-state index is -0.0304. The summed E-state index contributed by atoms with van der Waals surface area (Å²) in [6.45, 7) is 4.98. The van der Waals surface area contributed by atoms with E-state index in [1.54, 1.807) is 13.1 Å². The molecule has 0 bridgehead atoms. The van der Waals surface area contributed by atoms with Crippen molar-refractivity contribution in [2.75, 3.05) is 13.1 Å². The molecule has 3 atom stereocenters. The molecule has 2 aliphatic heterocycles. The van der Waals surface area contributed by atoms with Crippen LogP contribution in [-0.4, -0.2) is 45.1 Å². The second-order valence-electron chi connectivity index (χ2n) is 6.52. The summed E-state index contributed by atoms with van der Waals surface area (Å²) < 4.78 is 11.2. The van der Waals surface area contributed by atoms with E-state index in [0.29, 0.717) is 23.8 Å². The average molecular weight is 328 g/mol. The summed E-state index contributed by atoms with van der Waals surface area (Å²) in [5.41, 5.74) is 1.47. The number of fused-ring (bicyclic) bond motifs is 1. The zero-order valence-electron chi connectivity index (χ0n) is 13.8. The molecule has 0 aliphatic carbocycles. The molecule has 4 heterocycles. The lowest BCUT2D eigenvalue weighted by molar-refractivity contribution is -0.00573. The van der Waals surface area contributed by atoms with Crippen molar-refractivity contribution in [3.8, 4) is 0 Å². The summed E-state index contributed by atoms with van der Waals surface area (Å²) in [6, 6.07) is 1.92. The summed E-state index contributed by atoms with van der Waals surface area (Å²) in [6.07, 6.45) is 5.22. The predicted octanol–water partition coefficient (Wildman–Crippen LogP) is 2.07. The Balaban J connectivity index is 1.46. The van der Waals surface area contributed by atoms with Crippen molar-refractivity contribution < 1.29 is 14.1 Å². The first-order chi connectivity index (χ1) is 11.6. The molecule has 2 aromatic rings. The molecular formula is C17H20N4O3. The van der Waals surface area contributed by atoms with Crippen LogP contribution in [-0.2, 0) is 4.74 Å². The SMILES string of the molecule is Cc1nccc([C@H]2C[C@H]3CCN(C(=O)c4cnoc4C)C[C@@H]3O2)n1. The lowest BCUT2D eigenvalue weighted by atomic mass is 9.91. The minimum absolute atomic E-state index is 0.00548. The maximum atomic E-state index is 12.6. The van der Waals surface area contributed by atoms with Crippen LogP contribution >= 0.6 is 0 Å². The molecule has 0 N–H and O–H groups in total. The van der Waals surface area contributed by atoms with Crippen LogP contribution in [0.25, 0.3) is 0 Å². The van der Waals surface area contributed by atoms with Crippen molar-refractivity contribution in [3.05, 3.63) is 41.3 Å². The monoisotopic (exact) mass is 328 g/mol. The third-order valence-electron chi connectivity index (χ3n) is 4.95. The van der Waals surface area contributed by atoms with E-state index in [-0.39, 0.29) is 18.1 Å². The number of ether oxygens (including phenoxy) is 1. The van der Waals surface area contributed by atoms with Crippen LogP contribution in [0.4, 0.5) is 0 Å². The molecule has 1 amide bonds. The third kappa shape index (κ3) is 2.69. The largest absolute Gasteiger partial charge is 0.367 e. The van der Waals surface area contributed by atoms with Gasteiger partial charge in [-0.05, 0) is 38.7 Å². The molecule has 2 fully saturated rings. The van der Waals surface area contributed by atoms with Gasteiger partial charge in [0, 0.05) is 19.3 Å². The fourth-order valence-electron chi connectivity index (χ4n) is 3.63. The normalized spacial score (nSPS) is 26.4. The molecule has 2 aromatic heterocycles. The zero-order valence-corrected chi connectivity index (χ0v) is 13.8.